The van der Waals surface area contributed by atoms with E-state index in [4.69, 9.17) is 37.3 Å². The molecule has 5 aliphatic heterocycles. The molecule has 660 valence electrons. The van der Waals surface area contributed by atoms with Crippen LogP contribution in [0.2, 0.25) is 0 Å². The number of carbonyl (C=O) groups is 8. The fourth-order valence-corrected chi connectivity index (χ4v) is 20.2. The second-order valence-corrected chi connectivity index (χ2v) is 36.0. The van der Waals surface area contributed by atoms with Crippen LogP contribution in [0.15, 0.2) is 245 Å². The van der Waals surface area contributed by atoms with E-state index in [2.05, 4.69) is 10.6 Å². The Morgan fingerprint density at radius 3 is 1.43 bits per heavy atom. The second-order valence-electron chi connectivity index (χ2n) is 36.0. The Labute approximate surface area is 763 Å². The van der Waals surface area contributed by atoms with E-state index in [9.17, 15) is 9.59 Å². The fourth-order valence-electron chi connectivity index (χ4n) is 20.2. The number of hydrogen-bond acceptors (Lipinski definition) is 16. The standard InChI is InChI=1S/C111H90N6O16/c1-59-35-60(2)40-71(39-59)128-89-49-81-95-82(107(121)116(106(81)120)85(47-68-23-18-26-79-78-24-14-16-27-87(78)132-104(68)79)110(124)114(55-66-19-10-8-11-20-66)33-31-93(118)112-53-75-57-126-75)50-91(130-73-43-63(5)37-64(6)44-73)100-101-92-52-84-96-83(51-90(99(103(96)101)98(89)102(95)100)129-72-41-61(3)36-62(4)42-72)108(122)117(109(84)123)86(111(125)115(56-67-21-12-9-13-22-67)34-32-94(119)113-54-76-58-127-76)48-69-29-30-77(70-38-65(7)45-74(46-70)131-92)97-80-25-15-17-28-88(80)133-105(69)97/h8-30,35-46,49-52,75-76,85-86H,31-34,47-48,53-58H2,1-7H3,(H,112,118)(H,113,119). The lowest BCUT2D eigenvalue weighted by Gasteiger charge is -2.38. The molecule has 22 nitrogen and oxygen atoms in total. The number of para-hydroxylation sites is 3. The van der Waals surface area contributed by atoms with E-state index in [1.807, 2.05) is 261 Å². The summed E-state index contributed by atoms with van der Waals surface area (Å²) in [4.78, 5) is 138. The van der Waals surface area contributed by atoms with Gasteiger partial charge in [0, 0.05) is 130 Å². The lowest BCUT2D eigenvalue weighted by molar-refractivity contribution is -0.137. The first-order chi connectivity index (χ1) is 64.5. The number of rotatable bonds is 25. The lowest BCUT2D eigenvalue weighted by Crippen LogP contribution is -2.55. The number of nitrogens with one attached hydrogen (secondary N) is 2. The molecule has 2 fully saturated rings. The summed E-state index contributed by atoms with van der Waals surface area (Å²) >= 11 is 0. The molecule has 2 saturated heterocycles. The number of imide groups is 2. The van der Waals surface area contributed by atoms with Crippen molar-refractivity contribution in [3.63, 3.8) is 0 Å². The number of epoxide rings is 2. The molecule has 7 bridgehead atoms. The maximum atomic E-state index is 17.6. The summed E-state index contributed by atoms with van der Waals surface area (Å²) in [6, 6.07) is 69.5. The van der Waals surface area contributed by atoms with Gasteiger partial charge in [0.1, 0.15) is 80.4 Å². The van der Waals surface area contributed by atoms with Crippen molar-refractivity contribution in [1.82, 2.24) is 30.2 Å². The van der Waals surface area contributed by atoms with Crippen LogP contribution in [-0.2, 0) is 54.6 Å². The number of fused-ring (bicyclic) bond motifs is 19. The SMILES string of the molecule is Cc1cc(C)cc(Oc2cc3c4c(cc(Oc5cc(C)cc(C)c5)c5c6c7cc8c9c(cc(Oc%10cc(C)cc(C)c%10)c(c2c45)c96)C(=O)N(C8=O)C(C(=O)N(CCC(=O)NCC2CO2)Cc2ccccc2)Cc2ccc(c4c2oc2ccccc24)-c2cc(C)cc(c2)O7)C(=O)N(C(Cc2cccc4c2oc2ccccc24)C(=O)N(CCC(=O)NCC2CO2)Cc2ccccc2)C3=O)c1. The number of nitrogens with zero attached hydrogens (tertiary/aromatic N) is 4. The van der Waals surface area contributed by atoms with Gasteiger partial charge >= 0.3 is 0 Å². The third kappa shape index (κ3) is 15.3. The Kier molecular flexibility index (Phi) is 20.7. The van der Waals surface area contributed by atoms with Crippen molar-refractivity contribution in [2.45, 2.75) is 112 Å². The van der Waals surface area contributed by atoms with Gasteiger partial charge in [-0.15, -0.1) is 0 Å². The number of benzene rings is 15. The smallest absolute Gasteiger partial charge is 0.262 e. The molecule has 133 heavy (non-hydrogen) atoms. The molecule has 2 aromatic heterocycles. The minimum Gasteiger partial charge on any atom is -0.457 e. The highest BCUT2D eigenvalue weighted by molar-refractivity contribution is 6.45. The second kappa shape index (κ2) is 33.1. The minimum absolute atomic E-state index is 0.0270. The van der Waals surface area contributed by atoms with Crippen LogP contribution in [0.5, 0.6) is 46.0 Å². The molecule has 5 aliphatic rings. The molecular weight excluding hydrogens is 1670 g/mol. The number of aryl methyl sites for hydroxylation is 7. The van der Waals surface area contributed by atoms with Crippen LogP contribution in [0.25, 0.3) is 98.1 Å². The molecule has 7 heterocycles. The zero-order valence-electron chi connectivity index (χ0n) is 74.1. The van der Waals surface area contributed by atoms with Crippen LogP contribution in [0, 0.1) is 48.5 Å². The molecule has 0 aliphatic carbocycles. The summed E-state index contributed by atoms with van der Waals surface area (Å²) in [5.41, 5.74) is 11.3. The number of carbonyl (C=O) groups excluding carboxylic acids is 8. The Bertz CT molecular complexity index is 7730. The molecule has 0 saturated carbocycles. The monoisotopic (exact) mass is 1760 g/mol. The van der Waals surface area contributed by atoms with Gasteiger partial charge in [0.05, 0.1) is 47.7 Å². The summed E-state index contributed by atoms with van der Waals surface area (Å²) in [6.07, 6.45) is -1.12. The molecule has 15 aromatic carbocycles. The first-order valence-corrected chi connectivity index (χ1v) is 45.0. The lowest BCUT2D eigenvalue weighted by atomic mass is 9.80. The Morgan fingerprint density at radius 1 is 0.421 bits per heavy atom. The summed E-state index contributed by atoms with van der Waals surface area (Å²) in [7, 11) is 0. The molecule has 0 spiro atoms. The van der Waals surface area contributed by atoms with Crippen LogP contribution in [0.1, 0.15) is 115 Å². The summed E-state index contributed by atoms with van der Waals surface area (Å²) < 4.78 is 55.3. The molecule has 0 radical (unpaired) electrons. The predicted molar refractivity (Wildman–Crippen MR) is 508 cm³/mol. The molecule has 17 aromatic rings. The number of furan rings is 2. The van der Waals surface area contributed by atoms with Gasteiger partial charge in [0.15, 0.2) is 0 Å². The zero-order valence-corrected chi connectivity index (χ0v) is 74.1. The number of amides is 8. The van der Waals surface area contributed by atoms with E-state index in [0.717, 1.165) is 70.5 Å². The van der Waals surface area contributed by atoms with Crippen LogP contribution in [0.3, 0.4) is 0 Å². The molecule has 4 unspecified atom stereocenters. The van der Waals surface area contributed by atoms with Gasteiger partial charge in [0.25, 0.3) is 23.6 Å². The molecule has 8 amide bonds. The first-order valence-electron chi connectivity index (χ1n) is 45.0. The van der Waals surface area contributed by atoms with Gasteiger partial charge in [-0.1, -0.05) is 152 Å². The number of hydrogen-bond donors (Lipinski definition) is 2. The van der Waals surface area contributed by atoms with Crippen LogP contribution < -0.4 is 29.6 Å². The zero-order chi connectivity index (χ0) is 91.0. The van der Waals surface area contributed by atoms with Crippen molar-refractivity contribution in [1.29, 1.82) is 0 Å². The van der Waals surface area contributed by atoms with Crippen LogP contribution in [0.4, 0.5) is 0 Å². The van der Waals surface area contributed by atoms with Crippen LogP contribution in [-0.4, -0.2) is 131 Å². The van der Waals surface area contributed by atoms with E-state index in [-0.39, 0.29) is 177 Å². The largest absolute Gasteiger partial charge is 0.457 e. The van der Waals surface area contributed by atoms with E-state index in [0.29, 0.717) is 91.7 Å². The van der Waals surface area contributed by atoms with Gasteiger partial charge in [-0.3, -0.25) is 48.2 Å². The van der Waals surface area contributed by atoms with Gasteiger partial charge in [-0.25, -0.2) is 0 Å². The average Bonchev–Trinajstić information content (AvgIpc) is 1.65. The van der Waals surface area contributed by atoms with Gasteiger partial charge in [0.2, 0.25) is 23.6 Å². The number of ether oxygens (including phenoxy) is 6. The fraction of sp³-hybridized carbons (Fsp3) is 0.207. The normalized spacial score (nSPS) is 15.7. The molecule has 4 atom stereocenters. The summed E-state index contributed by atoms with van der Waals surface area (Å²) in [5.74, 6) is -4.08. The van der Waals surface area contributed by atoms with Gasteiger partial charge in [-0.05, 0) is 206 Å². The van der Waals surface area contributed by atoms with Crippen molar-refractivity contribution in [3.05, 3.63) is 320 Å². The van der Waals surface area contributed by atoms with Crippen molar-refractivity contribution in [3.8, 4) is 57.1 Å². The average molecular weight is 1760 g/mol. The molecule has 22 rings (SSSR count). The Hall–Kier alpha value is -15.5. The van der Waals surface area contributed by atoms with E-state index < -0.39 is 47.5 Å². The predicted octanol–water partition coefficient (Wildman–Crippen LogP) is 21.1. The Balaban J connectivity index is 0.843. The summed E-state index contributed by atoms with van der Waals surface area (Å²) in [5, 5.41) is 10.6. The van der Waals surface area contributed by atoms with Crippen molar-refractivity contribution < 1.29 is 75.6 Å². The highest BCUT2D eigenvalue weighted by Crippen LogP contribution is 2.59. The van der Waals surface area contributed by atoms with Gasteiger partial charge < -0.3 is 57.7 Å². The first kappa shape index (κ1) is 83.1. The third-order valence-electron chi connectivity index (χ3n) is 26.1. The quantitative estimate of drug-likeness (QED) is 0.0233. The Morgan fingerprint density at radius 2 is 0.880 bits per heavy atom. The van der Waals surface area contributed by atoms with Crippen molar-refractivity contribution in [2.75, 3.05) is 39.4 Å². The van der Waals surface area contributed by atoms with E-state index >= 15 is 28.8 Å². The van der Waals surface area contributed by atoms with Crippen molar-refractivity contribution in [2.24, 2.45) is 0 Å². The molecule has 22 heteroatoms. The summed E-state index contributed by atoms with van der Waals surface area (Å²) in [6.45, 7) is 14.8. The highest BCUT2D eigenvalue weighted by Gasteiger charge is 2.49. The molecule has 2 N–H and O–H groups in total. The topological polar surface area (TPSA) is 262 Å². The van der Waals surface area contributed by atoms with Gasteiger partial charge in [-0.2, -0.15) is 0 Å². The van der Waals surface area contributed by atoms with E-state index in [1.54, 1.807) is 24.3 Å². The third-order valence-corrected chi connectivity index (χ3v) is 26.1. The minimum atomic E-state index is -1.68. The highest BCUT2D eigenvalue weighted by atomic mass is 16.6. The van der Waals surface area contributed by atoms with E-state index in [1.165, 1.54) is 9.80 Å². The maximum Gasteiger partial charge on any atom is 0.262 e. The van der Waals surface area contributed by atoms with Crippen LogP contribution >= 0.6 is 0 Å². The molecular formula is C111H90N6O16. The maximum absolute atomic E-state index is 17.6. The van der Waals surface area contributed by atoms with Crippen molar-refractivity contribution >= 4 is 134 Å².